The van der Waals surface area contributed by atoms with Gasteiger partial charge in [0, 0.05) is 0 Å². The number of allylic oxidation sites excluding steroid dienone is 1. The van der Waals surface area contributed by atoms with Crippen molar-refractivity contribution in [2.45, 2.75) is 48.7 Å². The molecule has 0 N–H and O–H groups in total. The smallest absolute Gasteiger partial charge is 0.316 e. The predicted molar refractivity (Wildman–Crippen MR) is 119 cm³/mol. The summed E-state index contributed by atoms with van der Waals surface area (Å²) in [6.07, 6.45) is 4.43. The average molecular weight is 441 g/mol. The third-order valence-electron chi connectivity index (χ3n) is 5.77. The van der Waals surface area contributed by atoms with Crippen molar-refractivity contribution in [2.24, 2.45) is 5.92 Å². The van der Waals surface area contributed by atoms with Gasteiger partial charge in [-0.05, 0) is 55.0 Å². The average Bonchev–Trinajstić information content (AvgIpc) is 2.87. The number of benzene rings is 2. The summed E-state index contributed by atoms with van der Waals surface area (Å²) in [6.45, 7) is 0. The molecule has 31 heavy (non-hydrogen) atoms. The summed E-state index contributed by atoms with van der Waals surface area (Å²) in [4.78, 5) is 25.4. The maximum Gasteiger partial charge on any atom is 0.316 e. The van der Waals surface area contributed by atoms with Crippen LogP contribution in [0.15, 0.2) is 77.2 Å². The van der Waals surface area contributed by atoms with E-state index < -0.39 is 27.0 Å². The minimum absolute atomic E-state index is 0.252. The van der Waals surface area contributed by atoms with Crippen molar-refractivity contribution in [3.05, 3.63) is 77.9 Å². The van der Waals surface area contributed by atoms with Gasteiger partial charge in [-0.1, -0.05) is 61.4 Å². The van der Waals surface area contributed by atoms with Crippen molar-refractivity contribution in [3.63, 3.8) is 0 Å². The molecule has 2 aromatic rings. The molecule has 1 aliphatic rings. The SMILES string of the molecule is COC(=O)C1CCCCC(S(=O)(=O)c2ccccc2)/C(CCc2ccccc2)=C\C1=O. The standard InChI is InChI=1S/C25H28O5S/c1-30-25(27)22-14-8-9-15-24(31(28,29)21-12-6-3-7-13-21)20(18-23(22)26)17-16-19-10-4-2-5-11-19/h2-7,10-13,18,22,24H,8-9,14-17H2,1H3/b20-18-. The van der Waals surface area contributed by atoms with Crippen molar-refractivity contribution in [1.82, 2.24) is 0 Å². The second-order valence-corrected chi connectivity index (χ2v) is 9.94. The number of carbonyl (C=O) groups excluding carboxylic acids is 2. The van der Waals surface area contributed by atoms with Crippen molar-refractivity contribution in [2.75, 3.05) is 7.11 Å². The lowest BCUT2D eigenvalue weighted by atomic mass is 9.95. The topological polar surface area (TPSA) is 77.5 Å². The van der Waals surface area contributed by atoms with E-state index in [1.807, 2.05) is 30.3 Å². The van der Waals surface area contributed by atoms with Crippen LogP contribution >= 0.6 is 0 Å². The summed E-state index contributed by atoms with van der Waals surface area (Å²) in [5.74, 6) is -1.81. The highest BCUT2D eigenvalue weighted by atomic mass is 32.2. The summed E-state index contributed by atoms with van der Waals surface area (Å²) in [5.41, 5.74) is 1.63. The fraction of sp³-hybridized carbons (Fsp3) is 0.360. The van der Waals surface area contributed by atoms with E-state index in [1.165, 1.54) is 13.2 Å². The number of hydrogen-bond donors (Lipinski definition) is 0. The van der Waals surface area contributed by atoms with Gasteiger partial charge in [0.25, 0.3) is 0 Å². The highest BCUT2D eigenvalue weighted by Crippen LogP contribution is 2.31. The Bertz CT molecular complexity index is 1030. The van der Waals surface area contributed by atoms with Crippen molar-refractivity contribution in [1.29, 1.82) is 0 Å². The summed E-state index contributed by atoms with van der Waals surface area (Å²) < 4.78 is 31.9. The molecular weight excluding hydrogens is 412 g/mol. The summed E-state index contributed by atoms with van der Waals surface area (Å²) in [6, 6.07) is 18.1. The Hall–Kier alpha value is -2.73. The molecule has 0 amide bonds. The molecule has 0 spiro atoms. The number of hydrogen-bond acceptors (Lipinski definition) is 5. The zero-order valence-electron chi connectivity index (χ0n) is 17.7. The molecule has 0 fully saturated rings. The number of sulfone groups is 1. The van der Waals surface area contributed by atoms with Crippen LogP contribution in [-0.2, 0) is 30.6 Å². The van der Waals surface area contributed by atoms with E-state index in [0.29, 0.717) is 44.1 Å². The number of esters is 1. The molecule has 0 saturated heterocycles. The molecule has 2 unspecified atom stereocenters. The van der Waals surface area contributed by atoms with Gasteiger partial charge in [-0.15, -0.1) is 0 Å². The normalized spacial score (nSPS) is 21.8. The Kier molecular flexibility index (Phi) is 7.80. The molecule has 164 valence electrons. The van der Waals surface area contributed by atoms with Crippen LogP contribution in [0, 0.1) is 5.92 Å². The molecule has 0 heterocycles. The summed E-state index contributed by atoms with van der Waals surface area (Å²) in [5, 5.41) is -0.793. The third-order valence-corrected chi connectivity index (χ3v) is 7.99. The van der Waals surface area contributed by atoms with Crippen molar-refractivity contribution in [3.8, 4) is 0 Å². The highest BCUT2D eigenvalue weighted by molar-refractivity contribution is 7.92. The molecule has 0 radical (unpaired) electrons. The largest absolute Gasteiger partial charge is 0.468 e. The van der Waals surface area contributed by atoms with Gasteiger partial charge in [-0.2, -0.15) is 0 Å². The second kappa shape index (κ2) is 10.5. The predicted octanol–water partition coefficient (Wildman–Crippen LogP) is 4.32. The Morgan fingerprint density at radius 1 is 0.935 bits per heavy atom. The van der Waals surface area contributed by atoms with Crippen LogP contribution in [0.4, 0.5) is 0 Å². The summed E-state index contributed by atoms with van der Waals surface area (Å²) in [7, 11) is -2.41. The molecule has 2 aromatic carbocycles. The maximum atomic E-state index is 13.5. The number of rotatable bonds is 6. The van der Waals surface area contributed by atoms with Crippen molar-refractivity contribution < 1.29 is 22.7 Å². The Balaban J connectivity index is 2.00. The van der Waals surface area contributed by atoms with Gasteiger partial charge in [0.2, 0.25) is 0 Å². The van der Waals surface area contributed by atoms with Gasteiger partial charge in [0.05, 0.1) is 17.3 Å². The van der Waals surface area contributed by atoms with E-state index in [-0.39, 0.29) is 10.7 Å². The maximum absolute atomic E-state index is 13.5. The fourth-order valence-electron chi connectivity index (χ4n) is 4.05. The minimum atomic E-state index is -3.67. The van der Waals surface area contributed by atoms with E-state index in [1.54, 1.807) is 30.3 Å². The Morgan fingerprint density at radius 3 is 2.19 bits per heavy atom. The number of ether oxygens (including phenoxy) is 1. The molecule has 0 saturated carbocycles. The molecule has 0 aromatic heterocycles. The van der Waals surface area contributed by atoms with E-state index >= 15 is 0 Å². The number of methoxy groups -OCH3 is 1. The van der Waals surface area contributed by atoms with Gasteiger partial charge >= 0.3 is 5.97 Å². The molecule has 6 heteroatoms. The third kappa shape index (κ3) is 5.70. The van der Waals surface area contributed by atoms with Crippen molar-refractivity contribution >= 4 is 21.6 Å². The van der Waals surface area contributed by atoms with Crippen LogP contribution in [-0.4, -0.2) is 32.5 Å². The van der Waals surface area contributed by atoms with Gasteiger partial charge in [-0.3, -0.25) is 9.59 Å². The first kappa shape index (κ1) is 22.9. The zero-order valence-corrected chi connectivity index (χ0v) is 18.5. The Morgan fingerprint density at radius 2 is 1.55 bits per heavy atom. The van der Waals surface area contributed by atoms with E-state index in [2.05, 4.69) is 0 Å². The zero-order chi connectivity index (χ0) is 22.3. The molecule has 0 bridgehead atoms. The summed E-state index contributed by atoms with van der Waals surface area (Å²) >= 11 is 0. The molecule has 3 rings (SSSR count). The number of aryl methyl sites for hydroxylation is 1. The van der Waals surface area contributed by atoms with Crippen LogP contribution in [0.3, 0.4) is 0 Å². The number of carbonyl (C=O) groups is 2. The van der Waals surface area contributed by atoms with Crippen LogP contribution in [0.5, 0.6) is 0 Å². The first-order valence-corrected chi connectivity index (χ1v) is 12.1. The molecule has 5 nitrogen and oxygen atoms in total. The van der Waals surface area contributed by atoms with E-state index in [4.69, 9.17) is 4.74 Å². The molecular formula is C25H28O5S. The fourth-order valence-corrected chi connectivity index (χ4v) is 5.98. The highest BCUT2D eigenvalue weighted by Gasteiger charge is 2.34. The first-order chi connectivity index (χ1) is 14.9. The van der Waals surface area contributed by atoms with Crippen LogP contribution < -0.4 is 0 Å². The van der Waals surface area contributed by atoms with Gasteiger partial charge < -0.3 is 4.74 Å². The lowest BCUT2D eigenvalue weighted by Gasteiger charge is -2.21. The number of ketones is 1. The molecule has 0 aliphatic heterocycles. The minimum Gasteiger partial charge on any atom is -0.468 e. The van der Waals surface area contributed by atoms with Gasteiger partial charge in [0.1, 0.15) is 5.92 Å². The first-order valence-electron chi connectivity index (χ1n) is 10.6. The van der Waals surface area contributed by atoms with Crippen LogP contribution in [0.1, 0.15) is 37.7 Å². The lowest BCUT2D eigenvalue weighted by Crippen LogP contribution is -2.26. The van der Waals surface area contributed by atoms with Crippen LogP contribution in [0.25, 0.3) is 0 Å². The van der Waals surface area contributed by atoms with E-state index in [9.17, 15) is 18.0 Å². The quantitative estimate of drug-likeness (QED) is 0.494. The van der Waals surface area contributed by atoms with E-state index in [0.717, 1.165) is 5.56 Å². The lowest BCUT2D eigenvalue weighted by molar-refractivity contribution is -0.148. The molecule has 2 atom stereocenters. The Labute approximate surface area is 184 Å². The molecule has 1 aliphatic carbocycles. The van der Waals surface area contributed by atoms with Gasteiger partial charge in [0.15, 0.2) is 15.6 Å². The van der Waals surface area contributed by atoms with Crippen LogP contribution in [0.2, 0.25) is 0 Å². The van der Waals surface area contributed by atoms with Gasteiger partial charge in [-0.25, -0.2) is 8.42 Å². The second-order valence-electron chi connectivity index (χ2n) is 7.81. The monoisotopic (exact) mass is 440 g/mol.